The molecule has 1 aromatic heterocycles. The molecule has 132 valence electrons. The molecule has 5 nitrogen and oxygen atoms in total. The number of halogens is 1. The predicted molar refractivity (Wildman–Crippen MR) is 92.4 cm³/mol. The SMILES string of the molecule is O=C(NC(c1cccc(F)c1)c1ccccn1)NC1CCCCC1O. The molecule has 6 heteroatoms. The summed E-state index contributed by atoms with van der Waals surface area (Å²) in [7, 11) is 0. The number of benzene rings is 1. The molecule has 3 rings (SSSR count). The lowest BCUT2D eigenvalue weighted by atomic mass is 9.93. The van der Waals surface area contributed by atoms with Crippen LogP contribution >= 0.6 is 0 Å². The van der Waals surface area contributed by atoms with Crippen LogP contribution in [0.3, 0.4) is 0 Å². The predicted octanol–water partition coefficient (Wildman–Crippen LogP) is 2.91. The van der Waals surface area contributed by atoms with Crippen molar-refractivity contribution in [2.24, 2.45) is 0 Å². The van der Waals surface area contributed by atoms with Gasteiger partial charge in [-0.25, -0.2) is 9.18 Å². The van der Waals surface area contributed by atoms with Gasteiger partial charge in [0.15, 0.2) is 0 Å². The molecule has 0 radical (unpaired) electrons. The van der Waals surface area contributed by atoms with E-state index >= 15 is 0 Å². The minimum absolute atomic E-state index is 0.259. The first-order valence-corrected chi connectivity index (χ1v) is 8.55. The standard InChI is InChI=1S/C19H22FN3O2/c20-14-7-5-6-13(12-14)18(16-9-3-4-11-21-16)23-19(25)22-15-8-1-2-10-17(15)24/h3-7,9,11-12,15,17-18,24H,1-2,8,10H2,(H2,22,23,25). The Balaban J connectivity index is 1.77. The van der Waals surface area contributed by atoms with Crippen molar-refractivity contribution in [3.63, 3.8) is 0 Å². The summed E-state index contributed by atoms with van der Waals surface area (Å²) in [5, 5.41) is 15.7. The Morgan fingerprint density at radius 1 is 1.20 bits per heavy atom. The van der Waals surface area contributed by atoms with E-state index in [1.807, 2.05) is 6.07 Å². The van der Waals surface area contributed by atoms with Crippen molar-refractivity contribution in [1.82, 2.24) is 15.6 Å². The lowest BCUT2D eigenvalue weighted by molar-refractivity contribution is 0.0941. The quantitative estimate of drug-likeness (QED) is 0.799. The molecule has 3 N–H and O–H groups in total. The number of nitrogens with one attached hydrogen (secondary N) is 2. The molecule has 1 fully saturated rings. The minimum atomic E-state index is -0.572. The smallest absolute Gasteiger partial charge is 0.315 e. The van der Waals surface area contributed by atoms with Gasteiger partial charge in [-0.15, -0.1) is 0 Å². The van der Waals surface area contributed by atoms with Gasteiger partial charge in [0.05, 0.1) is 23.9 Å². The second kappa shape index (κ2) is 8.07. The largest absolute Gasteiger partial charge is 0.391 e. The number of hydrogen-bond acceptors (Lipinski definition) is 3. The van der Waals surface area contributed by atoms with Crippen LogP contribution < -0.4 is 10.6 Å². The Bertz CT molecular complexity index is 711. The number of amides is 2. The van der Waals surface area contributed by atoms with Crippen molar-refractivity contribution in [2.45, 2.75) is 43.9 Å². The van der Waals surface area contributed by atoms with Crippen LogP contribution in [0, 0.1) is 5.82 Å². The van der Waals surface area contributed by atoms with E-state index in [-0.39, 0.29) is 11.9 Å². The number of aliphatic hydroxyl groups excluding tert-OH is 1. The van der Waals surface area contributed by atoms with E-state index in [0.717, 1.165) is 19.3 Å². The van der Waals surface area contributed by atoms with Crippen molar-refractivity contribution in [3.8, 4) is 0 Å². The van der Waals surface area contributed by atoms with E-state index < -0.39 is 18.2 Å². The van der Waals surface area contributed by atoms with E-state index in [1.54, 1.807) is 30.5 Å². The molecule has 1 aliphatic rings. The third-order valence-corrected chi connectivity index (χ3v) is 4.49. The molecule has 1 aliphatic carbocycles. The molecule has 2 aromatic rings. The number of rotatable bonds is 4. The van der Waals surface area contributed by atoms with Gasteiger partial charge in [-0.2, -0.15) is 0 Å². The Morgan fingerprint density at radius 2 is 2.04 bits per heavy atom. The van der Waals surface area contributed by atoms with Gasteiger partial charge in [0.2, 0.25) is 0 Å². The highest BCUT2D eigenvalue weighted by molar-refractivity contribution is 5.75. The maximum absolute atomic E-state index is 13.6. The summed E-state index contributed by atoms with van der Waals surface area (Å²) in [5.41, 5.74) is 1.23. The van der Waals surface area contributed by atoms with Crippen LogP contribution in [0.1, 0.15) is 43.0 Å². The van der Waals surface area contributed by atoms with E-state index in [1.165, 1.54) is 12.1 Å². The molecule has 3 atom stereocenters. The van der Waals surface area contributed by atoms with Gasteiger partial charge >= 0.3 is 6.03 Å². The Kier molecular flexibility index (Phi) is 5.60. The van der Waals surface area contributed by atoms with Gasteiger partial charge in [0.1, 0.15) is 5.82 Å². The van der Waals surface area contributed by atoms with Gasteiger partial charge < -0.3 is 15.7 Å². The number of pyridine rings is 1. The number of carbonyl (C=O) groups is 1. The Morgan fingerprint density at radius 3 is 2.76 bits per heavy atom. The van der Waals surface area contributed by atoms with Gasteiger partial charge in [0.25, 0.3) is 0 Å². The van der Waals surface area contributed by atoms with Crippen LogP contribution in [0.4, 0.5) is 9.18 Å². The fraction of sp³-hybridized carbons (Fsp3) is 0.368. The lowest BCUT2D eigenvalue weighted by Gasteiger charge is -2.29. The summed E-state index contributed by atoms with van der Waals surface area (Å²) in [5.74, 6) is -0.372. The van der Waals surface area contributed by atoms with Crippen LogP contribution in [0.2, 0.25) is 0 Å². The number of urea groups is 1. The first-order chi connectivity index (χ1) is 12.1. The second-order valence-electron chi connectivity index (χ2n) is 6.32. The molecule has 0 saturated heterocycles. The number of aliphatic hydroxyl groups is 1. The highest BCUT2D eigenvalue weighted by Gasteiger charge is 2.26. The van der Waals surface area contributed by atoms with E-state index in [0.29, 0.717) is 17.7 Å². The van der Waals surface area contributed by atoms with Crippen LogP contribution in [0.25, 0.3) is 0 Å². The van der Waals surface area contributed by atoms with Crippen LogP contribution in [0.5, 0.6) is 0 Å². The molecule has 1 heterocycles. The fourth-order valence-corrected chi connectivity index (χ4v) is 3.18. The maximum Gasteiger partial charge on any atom is 0.315 e. The highest BCUT2D eigenvalue weighted by Crippen LogP contribution is 2.22. The zero-order valence-corrected chi connectivity index (χ0v) is 13.9. The van der Waals surface area contributed by atoms with Gasteiger partial charge in [-0.1, -0.05) is 31.0 Å². The minimum Gasteiger partial charge on any atom is -0.391 e. The maximum atomic E-state index is 13.6. The monoisotopic (exact) mass is 343 g/mol. The summed E-state index contributed by atoms with van der Waals surface area (Å²) in [6.07, 6.45) is 4.51. The third-order valence-electron chi connectivity index (χ3n) is 4.49. The topological polar surface area (TPSA) is 74.2 Å². The first kappa shape index (κ1) is 17.4. The Hall–Kier alpha value is -2.47. The highest BCUT2D eigenvalue weighted by atomic mass is 19.1. The summed E-state index contributed by atoms with van der Waals surface area (Å²) in [6.45, 7) is 0. The molecule has 0 spiro atoms. The molecular weight excluding hydrogens is 321 g/mol. The molecule has 1 aromatic carbocycles. The van der Waals surface area contributed by atoms with E-state index in [9.17, 15) is 14.3 Å². The Labute approximate surface area is 146 Å². The molecule has 0 bridgehead atoms. The summed E-state index contributed by atoms with van der Waals surface area (Å²) in [6, 6.07) is 10.2. The van der Waals surface area contributed by atoms with Crippen molar-refractivity contribution in [3.05, 3.63) is 65.7 Å². The first-order valence-electron chi connectivity index (χ1n) is 8.55. The lowest BCUT2D eigenvalue weighted by Crippen LogP contribution is -2.49. The molecular formula is C19H22FN3O2. The van der Waals surface area contributed by atoms with Crippen molar-refractivity contribution < 1.29 is 14.3 Å². The summed E-state index contributed by atoms with van der Waals surface area (Å²) in [4.78, 5) is 16.7. The van der Waals surface area contributed by atoms with Gasteiger partial charge in [-0.05, 0) is 42.7 Å². The number of aromatic nitrogens is 1. The van der Waals surface area contributed by atoms with Gasteiger partial charge in [-0.3, -0.25) is 4.98 Å². The normalized spacial score (nSPS) is 21.4. The molecule has 3 unspecified atom stereocenters. The number of hydrogen-bond donors (Lipinski definition) is 3. The molecule has 1 saturated carbocycles. The molecule has 0 aliphatic heterocycles. The van der Waals surface area contributed by atoms with Crippen LogP contribution in [-0.4, -0.2) is 28.3 Å². The van der Waals surface area contributed by atoms with Crippen molar-refractivity contribution in [1.29, 1.82) is 0 Å². The third kappa shape index (κ3) is 4.54. The molecule has 2 amide bonds. The van der Waals surface area contributed by atoms with E-state index in [4.69, 9.17) is 0 Å². The average Bonchev–Trinajstić information content (AvgIpc) is 2.62. The summed E-state index contributed by atoms with van der Waals surface area (Å²) >= 11 is 0. The zero-order chi connectivity index (χ0) is 17.6. The molecule has 25 heavy (non-hydrogen) atoms. The summed E-state index contributed by atoms with van der Waals surface area (Å²) < 4.78 is 13.6. The zero-order valence-electron chi connectivity index (χ0n) is 13.9. The van der Waals surface area contributed by atoms with E-state index in [2.05, 4.69) is 15.6 Å². The average molecular weight is 343 g/mol. The number of carbonyl (C=O) groups excluding carboxylic acids is 1. The fourth-order valence-electron chi connectivity index (χ4n) is 3.18. The van der Waals surface area contributed by atoms with Gasteiger partial charge in [0, 0.05) is 6.20 Å². The van der Waals surface area contributed by atoms with Crippen molar-refractivity contribution >= 4 is 6.03 Å². The van der Waals surface area contributed by atoms with Crippen LogP contribution in [-0.2, 0) is 0 Å². The van der Waals surface area contributed by atoms with Crippen molar-refractivity contribution in [2.75, 3.05) is 0 Å². The van der Waals surface area contributed by atoms with Crippen LogP contribution in [0.15, 0.2) is 48.7 Å². The second-order valence-corrected chi connectivity index (χ2v) is 6.32. The number of nitrogens with zero attached hydrogens (tertiary/aromatic N) is 1.